The van der Waals surface area contributed by atoms with Crippen LogP contribution in [0.1, 0.15) is 19.3 Å². The van der Waals surface area contributed by atoms with E-state index in [-0.39, 0.29) is 12.3 Å². The van der Waals surface area contributed by atoms with Crippen LogP contribution in [0.4, 0.5) is 0 Å². The number of unbranched alkanes of at least 4 members (excludes halogenated alkanes) is 1. The maximum Gasteiger partial charge on any atom is 0.308 e. The van der Waals surface area contributed by atoms with Crippen LogP contribution in [-0.2, 0) is 9.59 Å². The molecule has 0 aliphatic carbocycles. The first kappa shape index (κ1) is 15.3. The number of carboxylic acid groups (broad SMARTS) is 1. The summed E-state index contributed by atoms with van der Waals surface area (Å²) in [6.45, 7) is 6.69. The van der Waals surface area contributed by atoms with Gasteiger partial charge in [0, 0.05) is 45.7 Å². The third-order valence-electron chi connectivity index (χ3n) is 4.31. The predicted molar refractivity (Wildman–Crippen MR) is 75.5 cm³/mol. The first-order valence-electron chi connectivity index (χ1n) is 7.47. The summed E-state index contributed by atoms with van der Waals surface area (Å²) < 4.78 is 0. The van der Waals surface area contributed by atoms with Gasteiger partial charge in [-0.2, -0.15) is 0 Å². The first-order chi connectivity index (χ1) is 9.56. The van der Waals surface area contributed by atoms with Crippen LogP contribution >= 0.6 is 0 Å². The average molecular weight is 283 g/mol. The van der Waals surface area contributed by atoms with Crippen LogP contribution < -0.4 is 0 Å². The Kier molecular flexibility index (Phi) is 5.37. The molecule has 0 aromatic carbocycles. The monoisotopic (exact) mass is 283 g/mol. The number of likely N-dealkylation sites (tertiary alicyclic amines) is 1. The van der Waals surface area contributed by atoms with Crippen molar-refractivity contribution in [3.63, 3.8) is 0 Å². The minimum Gasteiger partial charge on any atom is -0.481 e. The summed E-state index contributed by atoms with van der Waals surface area (Å²) in [7, 11) is 2.15. The molecular weight excluding hydrogens is 258 g/mol. The fraction of sp³-hybridized carbons (Fsp3) is 0.857. The molecule has 0 aromatic rings. The smallest absolute Gasteiger partial charge is 0.308 e. The molecule has 2 heterocycles. The molecule has 1 unspecified atom stereocenters. The van der Waals surface area contributed by atoms with Gasteiger partial charge in [0.15, 0.2) is 0 Å². The number of carbonyl (C=O) groups is 2. The van der Waals surface area contributed by atoms with Crippen molar-refractivity contribution in [3.8, 4) is 0 Å². The molecule has 114 valence electrons. The van der Waals surface area contributed by atoms with Gasteiger partial charge in [-0.05, 0) is 26.4 Å². The minimum absolute atomic E-state index is 0.00278. The Bertz CT molecular complexity index is 354. The number of carboxylic acids is 1. The molecule has 0 radical (unpaired) electrons. The van der Waals surface area contributed by atoms with Crippen LogP contribution in [0.2, 0.25) is 0 Å². The summed E-state index contributed by atoms with van der Waals surface area (Å²) in [6.07, 6.45) is 2.21. The molecule has 0 aromatic heterocycles. The number of piperazine rings is 1. The Balaban J connectivity index is 1.59. The molecule has 2 aliphatic heterocycles. The molecule has 2 saturated heterocycles. The number of amides is 1. The second kappa shape index (κ2) is 7.04. The van der Waals surface area contributed by atoms with E-state index in [1.807, 2.05) is 0 Å². The van der Waals surface area contributed by atoms with Gasteiger partial charge in [0.2, 0.25) is 5.91 Å². The van der Waals surface area contributed by atoms with E-state index in [1.54, 1.807) is 4.90 Å². The van der Waals surface area contributed by atoms with Gasteiger partial charge < -0.3 is 19.8 Å². The number of hydrogen-bond acceptors (Lipinski definition) is 4. The van der Waals surface area contributed by atoms with E-state index in [9.17, 15) is 9.59 Å². The Morgan fingerprint density at radius 2 is 1.85 bits per heavy atom. The topological polar surface area (TPSA) is 64.1 Å². The Morgan fingerprint density at radius 1 is 1.20 bits per heavy atom. The van der Waals surface area contributed by atoms with E-state index in [2.05, 4.69) is 16.8 Å². The van der Waals surface area contributed by atoms with Gasteiger partial charge in [0.05, 0.1) is 5.92 Å². The lowest BCUT2D eigenvalue weighted by Gasteiger charge is -2.32. The summed E-state index contributed by atoms with van der Waals surface area (Å²) in [6, 6.07) is 0. The molecule has 0 bridgehead atoms. The second-order valence-electron chi connectivity index (χ2n) is 5.93. The first-order valence-corrected chi connectivity index (χ1v) is 7.47. The van der Waals surface area contributed by atoms with Crippen LogP contribution in [0.15, 0.2) is 0 Å². The molecule has 20 heavy (non-hydrogen) atoms. The van der Waals surface area contributed by atoms with Gasteiger partial charge >= 0.3 is 5.97 Å². The van der Waals surface area contributed by atoms with Gasteiger partial charge in [0.25, 0.3) is 0 Å². The van der Waals surface area contributed by atoms with Crippen molar-refractivity contribution in [1.29, 1.82) is 0 Å². The maximum absolute atomic E-state index is 11.7. The fourth-order valence-corrected chi connectivity index (χ4v) is 2.86. The quantitative estimate of drug-likeness (QED) is 0.692. The average Bonchev–Trinajstić information content (AvgIpc) is 2.79. The molecule has 6 heteroatoms. The van der Waals surface area contributed by atoms with Crippen molar-refractivity contribution in [3.05, 3.63) is 0 Å². The normalized spacial score (nSPS) is 25.4. The standard InChI is InChI=1S/C14H25N3O3/c1-15-6-8-16(9-7-15)4-2-3-5-17-11-12(14(19)20)10-13(17)18/h12H,2-11H2,1H3,(H,19,20). The van der Waals surface area contributed by atoms with Gasteiger partial charge in [-0.15, -0.1) is 0 Å². The van der Waals surface area contributed by atoms with Gasteiger partial charge in [-0.3, -0.25) is 9.59 Å². The highest BCUT2D eigenvalue weighted by Gasteiger charge is 2.33. The lowest BCUT2D eigenvalue weighted by atomic mass is 10.1. The summed E-state index contributed by atoms with van der Waals surface area (Å²) in [4.78, 5) is 29.0. The number of hydrogen-bond donors (Lipinski definition) is 1. The van der Waals surface area contributed by atoms with Crippen molar-refractivity contribution >= 4 is 11.9 Å². The molecule has 1 atom stereocenters. The fourth-order valence-electron chi connectivity index (χ4n) is 2.86. The summed E-state index contributed by atoms with van der Waals surface area (Å²) >= 11 is 0. The number of likely N-dealkylation sites (N-methyl/N-ethyl adjacent to an activating group) is 1. The largest absolute Gasteiger partial charge is 0.481 e. The summed E-state index contributed by atoms with van der Waals surface area (Å²) in [5.74, 6) is -1.35. The van der Waals surface area contributed by atoms with Gasteiger partial charge in [0.1, 0.15) is 0 Å². The molecule has 1 N–H and O–H groups in total. The SMILES string of the molecule is CN1CCN(CCCCN2CC(C(=O)O)CC2=O)CC1. The molecular formula is C14H25N3O3. The highest BCUT2D eigenvalue weighted by molar-refractivity contribution is 5.86. The highest BCUT2D eigenvalue weighted by atomic mass is 16.4. The van der Waals surface area contributed by atoms with E-state index in [4.69, 9.17) is 5.11 Å². The van der Waals surface area contributed by atoms with E-state index in [1.165, 1.54) is 0 Å². The molecule has 2 aliphatic rings. The molecule has 1 amide bonds. The Labute approximate surface area is 120 Å². The third-order valence-corrected chi connectivity index (χ3v) is 4.31. The van der Waals surface area contributed by atoms with Gasteiger partial charge in [-0.25, -0.2) is 0 Å². The van der Waals surface area contributed by atoms with Crippen LogP contribution in [-0.4, -0.2) is 84.5 Å². The van der Waals surface area contributed by atoms with E-state index < -0.39 is 11.9 Å². The van der Waals surface area contributed by atoms with E-state index in [0.29, 0.717) is 13.1 Å². The number of rotatable bonds is 6. The van der Waals surface area contributed by atoms with Crippen molar-refractivity contribution in [2.75, 3.05) is 52.9 Å². The molecule has 0 saturated carbocycles. The zero-order chi connectivity index (χ0) is 14.5. The summed E-state index contributed by atoms with van der Waals surface area (Å²) in [5.41, 5.74) is 0. The minimum atomic E-state index is -0.849. The zero-order valence-corrected chi connectivity index (χ0v) is 12.3. The molecule has 2 fully saturated rings. The van der Waals surface area contributed by atoms with Gasteiger partial charge in [-0.1, -0.05) is 0 Å². The van der Waals surface area contributed by atoms with Crippen LogP contribution in [0.5, 0.6) is 0 Å². The van der Waals surface area contributed by atoms with Crippen molar-refractivity contribution in [2.45, 2.75) is 19.3 Å². The van der Waals surface area contributed by atoms with Crippen LogP contribution in [0, 0.1) is 5.92 Å². The Morgan fingerprint density at radius 3 is 2.45 bits per heavy atom. The molecule has 0 spiro atoms. The lowest BCUT2D eigenvalue weighted by Crippen LogP contribution is -2.44. The molecule has 2 rings (SSSR count). The van der Waals surface area contributed by atoms with Crippen LogP contribution in [0.3, 0.4) is 0 Å². The van der Waals surface area contributed by atoms with Crippen molar-refractivity contribution in [2.24, 2.45) is 5.92 Å². The maximum atomic E-state index is 11.7. The summed E-state index contributed by atoms with van der Waals surface area (Å²) in [5, 5.41) is 8.92. The van der Waals surface area contributed by atoms with E-state index in [0.717, 1.165) is 45.6 Å². The lowest BCUT2D eigenvalue weighted by molar-refractivity contribution is -0.141. The number of carbonyl (C=O) groups excluding carboxylic acids is 1. The zero-order valence-electron chi connectivity index (χ0n) is 12.3. The number of nitrogens with zero attached hydrogens (tertiary/aromatic N) is 3. The highest BCUT2D eigenvalue weighted by Crippen LogP contribution is 2.18. The van der Waals surface area contributed by atoms with Crippen molar-refractivity contribution < 1.29 is 14.7 Å². The molecule has 6 nitrogen and oxygen atoms in total. The third kappa shape index (κ3) is 4.18. The second-order valence-corrected chi connectivity index (χ2v) is 5.93. The van der Waals surface area contributed by atoms with Crippen LogP contribution in [0.25, 0.3) is 0 Å². The van der Waals surface area contributed by atoms with E-state index >= 15 is 0 Å². The Hall–Kier alpha value is -1.14. The predicted octanol–water partition coefficient (Wildman–Crippen LogP) is -0.0529. The van der Waals surface area contributed by atoms with Crippen molar-refractivity contribution in [1.82, 2.24) is 14.7 Å². The number of aliphatic carboxylic acids is 1.